The van der Waals surface area contributed by atoms with Crippen molar-refractivity contribution in [3.05, 3.63) is 34.5 Å². The first-order chi connectivity index (χ1) is 12.1. The number of fused-ring (bicyclic) bond motifs is 2. The second-order valence-corrected chi connectivity index (χ2v) is 6.16. The number of aryl methyl sites for hydroxylation is 2. The van der Waals surface area contributed by atoms with Gasteiger partial charge in [0, 0.05) is 24.7 Å². The van der Waals surface area contributed by atoms with Gasteiger partial charge in [-0.25, -0.2) is 4.68 Å². The van der Waals surface area contributed by atoms with Crippen LogP contribution in [0.25, 0.3) is 11.0 Å². The first-order valence-corrected chi connectivity index (χ1v) is 8.18. The lowest BCUT2D eigenvalue weighted by Gasteiger charge is -2.22. The Morgan fingerprint density at radius 2 is 2.20 bits per heavy atom. The summed E-state index contributed by atoms with van der Waals surface area (Å²) in [6, 6.07) is 3.67. The number of carbonyl (C=O) groups excluding carboxylic acids is 1. The van der Waals surface area contributed by atoms with Gasteiger partial charge in [0.25, 0.3) is 5.91 Å². The van der Waals surface area contributed by atoms with E-state index in [4.69, 9.17) is 4.74 Å². The van der Waals surface area contributed by atoms with Crippen LogP contribution in [0.2, 0.25) is 0 Å². The van der Waals surface area contributed by atoms with Crippen molar-refractivity contribution in [3.63, 3.8) is 0 Å². The second kappa shape index (κ2) is 5.89. The maximum absolute atomic E-state index is 12.9. The lowest BCUT2D eigenvalue weighted by molar-refractivity contribution is 0.102. The van der Waals surface area contributed by atoms with E-state index in [1.807, 2.05) is 26.1 Å². The van der Waals surface area contributed by atoms with Crippen LogP contribution in [0.15, 0.2) is 12.1 Å². The molecule has 4 rings (SSSR count). The number of anilines is 1. The van der Waals surface area contributed by atoms with Crippen molar-refractivity contribution in [2.45, 2.75) is 19.9 Å². The Labute approximate surface area is 144 Å². The Morgan fingerprint density at radius 1 is 1.36 bits per heavy atom. The van der Waals surface area contributed by atoms with Gasteiger partial charge >= 0.3 is 0 Å². The van der Waals surface area contributed by atoms with Crippen molar-refractivity contribution >= 4 is 22.8 Å². The first-order valence-electron chi connectivity index (χ1n) is 8.18. The molecule has 3 N–H and O–H groups in total. The number of methoxy groups -OCH3 is 1. The number of hydrogen-bond acceptors (Lipinski definition) is 5. The number of nitrogens with one attached hydrogen (secondary N) is 3. The van der Waals surface area contributed by atoms with Crippen molar-refractivity contribution in [1.29, 1.82) is 0 Å². The summed E-state index contributed by atoms with van der Waals surface area (Å²) in [5.41, 5.74) is 4.29. The van der Waals surface area contributed by atoms with Gasteiger partial charge in [-0.2, -0.15) is 10.2 Å². The Morgan fingerprint density at radius 3 is 3.00 bits per heavy atom. The minimum Gasteiger partial charge on any atom is -0.496 e. The van der Waals surface area contributed by atoms with E-state index in [9.17, 15) is 4.79 Å². The molecule has 0 fully saturated rings. The summed E-state index contributed by atoms with van der Waals surface area (Å²) in [5.74, 6) is 1.23. The van der Waals surface area contributed by atoms with Crippen molar-refractivity contribution in [2.24, 2.45) is 7.05 Å². The van der Waals surface area contributed by atoms with Gasteiger partial charge in [0.15, 0.2) is 5.65 Å². The summed E-state index contributed by atoms with van der Waals surface area (Å²) in [6.45, 7) is 3.44. The van der Waals surface area contributed by atoms with Crippen LogP contribution in [0.5, 0.6) is 5.75 Å². The van der Waals surface area contributed by atoms with Gasteiger partial charge in [-0.1, -0.05) is 0 Å². The molecule has 0 saturated carbocycles. The van der Waals surface area contributed by atoms with Crippen molar-refractivity contribution in [3.8, 4) is 5.75 Å². The second-order valence-electron chi connectivity index (χ2n) is 6.16. The third-order valence-electron chi connectivity index (χ3n) is 4.66. The predicted molar refractivity (Wildman–Crippen MR) is 94.0 cm³/mol. The third kappa shape index (κ3) is 2.45. The van der Waals surface area contributed by atoms with Crippen molar-refractivity contribution < 1.29 is 9.53 Å². The number of carbonyl (C=O) groups is 1. The summed E-state index contributed by atoms with van der Waals surface area (Å²) < 4.78 is 7.12. The molecule has 0 unspecified atom stereocenters. The molecule has 0 saturated heterocycles. The molecule has 0 radical (unpaired) electrons. The summed E-state index contributed by atoms with van der Waals surface area (Å²) in [5, 5.41) is 18.6. The van der Waals surface area contributed by atoms with Crippen LogP contribution in [0.1, 0.15) is 27.2 Å². The average molecular weight is 340 g/mol. The lowest BCUT2D eigenvalue weighted by Crippen LogP contribution is -2.27. The van der Waals surface area contributed by atoms with Crippen LogP contribution >= 0.6 is 0 Å². The van der Waals surface area contributed by atoms with Crippen LogP contribution in [-0.2, 0) is 20.0 Å². The normalized spacial score (nSPS) is 13.7. The maximum Gasteiger partial charge on any atom is 0.257 e. The average Bonchev–Trinajstić information content (AvgIpc) is 3.16. The Kier molecular flexibility index (Phi) is 3.69. The van der Waals surface area contributed by atoms with Crippen LogP contribution in [0.4, 0.5) is 5.82 Å². The van der Waals surface area contributed by atoms with E-state index in [0.717, 1.165) is 40.9 Å². The molecule has 1 aliphatic heterocycles. The van der Waals surface area contributed by atoms with Gasteiger partial charge < -0.3 is 15.4 Å². The van der Waals surface area contributed by atoms with Crippen LogP contribution in [0.3, 0.4) is 0 Å². The molecule has 130 valence electrons. The van der Waals surface area contributed by atoms with E-state index < -0.39 is 0 Å². The molecule has 25 heavy (non-hydrogen) atoms. The molecule has 2 aromatic heterocycles. The Bertz CT molecular complexity index is 971. The number of H-pyrrole nitrogens is 1. The molecular weight excluding hydrogens is 320 g/mol. The standard InChI is InChI=1S/C17H20N6O2/c1-9-14-15(20-21-16(14)23(2)22-9)19-17(24)11-4-5-13(25-3)12-8-18-7-6-10(11)12/h4-5,18H,6-8H2,1-3H3,(H2,19,20,21,24). The summed E-state index contributed by atoms with van der Waals surface area (Å²) in [7, 11) is 3.48. The number of aromatic amines is 1. The summed E-state index contributed by atoms with van der Waals surface area (Å²) >= 11 is 0. The molecule has 3 heterocycles. The molecule has 0 spiro atoms. The van der Waals surface area contributed by atoms with E-state index in [1.54, 1.807) is 11.8 Å². The fourth-order valence-corrected chi connectivity index (χ4v) is 3.48. The molecule has 3 aromatic rings. The topological polar surface area (TPSA) is 96.9 Å². The minimum absolute atomic E-state index is 0.158. The van der Waals surface area contributed by atoms with Crippen molar-refractivity contribution in [1.82, 2.24) is 25.3 Å². The van der Waals surface area contributed by atoms with Gasteiger partial charge in [0.05, 0.1) is 18.2 Å². The zero-order valence-electron chi connectivity index (χ0n) is 14.4. The van der Waals surface area contributed by atoms with Gasteiger partial charge in [-0.05, 0) is 37.6 Å². The third-order valence-corrected chi connectivity index (χ3v) is 4.66. The van der Waals surface area contributed by atoms with E-state index in [-0.39, 0.29) is 5.91 Å². The molecule has 0 bridgehead atoms. The highest BCUT2D eigenvalue weighted by Gasteiger charge is 2.22. The van der Waals surface area contributed by atoms with E-state index in [1.165, 1.54) is 0 Å². The quantitative estimate of drug-likeness (QED) is 0.671. The number of aromatic nitrogens is 4. The molecule has 8 heteroatoms. The Balaban J connectivity index is 1.72. The largest absolute Gasteiger partial charge is 0.496 e. The molecule has 0 aliphatic carbocycles. The zero-order valence-corrected chi connectivity index (χ0v) is 14.4. The van der Waals surface area contributed by atoms with Crippen LogP contribution < -0.4 is 15.4 Å². The fraction of sp³-hybridized carbons (Fsp3) is 0.353. The van der Waals surface area contributed by atoms with Crippen molar-refractivity contribution in [2.75, 3.05) is 19.0 Å². The number of ether oxygens (including phenoxy) is 1. The lowest BCUT2D eigenvalue weighted by atomic mass is 9.94. The number of hydrogen-bond donors (Lipinski definition) is 3. The van der Waals surface area contributed by atoms with E-state index >= 15 is 0 Å². The van der Waals surface area contributed by atoms with Gasteiger partial charge in [0.2, 0.25) is 0 Å². The highest BCUT2D eigenvalue weighted by Crippen LogP contribution is 2.29. The maximum atomic E-state index is 12.9. The number of amides is 1. The smallest absolute Gasteiger partial charge is 0.257 e. The predicted octanol–water partition coefficient (Wildman–Crippen LogP) is 1.51. The summed E-state index contributed by atoms with van der Waals surface area (Å²) in [6.07, 6.45) is 0.791. The number of rotatable bonds is 3. The minimum atomic E-state index is -0.158. The molecule has 1 aromatic carbocycles. The highest BCUT2D eigenvalue weighted by molar-refractivity contribution is 6.09. The molecular formula is C17H20N6O2. The van der Waals surface area contributed by atoms with Gasteiger partial charge in [-0.15, -0.1) is 0 Å². The highest BCUT2D eigenvalue weighted by atomic mass is 16.5. The SMILES string of the molecule is COc1ccc(C(=O)Nc2[nH]nc3c2c(C)nn3C)c2c1CNCC2. The number of benzene rings is 1. The fourth-order valence-electron chi connectivity index (χ4n) is 3.48. The van der Waals surface area contributed by atoms with Crippen LogP contribution in [-0.4, -0.2) is 39.5 Å². The van der Waals surface area contributed by atoms with Gasteiger partial charge in [-0.3, -0.25) is 9.89 Å². The van der Waals surface area contributed by atoms with E-state index in [0.29, 0.717) is 23.6 Å². The van der Waals surface area contributed by atoms with E-state index in [2.05, 4.69) is 25.9 Å². The summed E-state index contributed by atoms with van der Waals surface area (Å²) in [4.78, 5) is 12.9. The molecule has 8 nitrogen and oxygen atoms in total. The first kappa shape index (κ1) is 15.6. The number of nitrogens with zero attached hydrogens (tertiary/aromatic N) is 3. The van der Waals surface area contributed by atoms with Gasteiger partial charge in [0.1, 0.15) is 11.6 Å². The van der Waals surface area contributed by atoms with Crippen LogP contribution in [0, 0.1) is 6.92 Å². The zero-order chi connectivity index (χ0) is 17.6. The molecule has 1 amide bonds. The molecule has 0 atom stereocenters. The monoisotopic (exact) mass is 340 g/mol. The molecule has 1 aliphatic rings. The Hall–Kier alpha value is -2.87.